The van der Waals surface area contributed by atoms with E-state index in [0.717, 1.165) is 5.92 Å². The SMILES string of the molecule is CC(C)C1[C]([Hf+2])=Cc2ccccc21.[F-].[F-]. The summed E-state index contributed by atoms with van der Waals surface area (Å²) in [6.45, 7) is 4.64. The third kappa shape index (κ3) is 2.63. The van der Waals surface area contributed by atoms with Crippen molar-refractivity contribution in [3.05, 3.63) is 38.7 Å². The summed E-state index contributed by atoms with van der Waals surface area (Å²) in [6.07, 6.45) is 2.38. The summed E-state index contributed by atoms with van der Waals surface area (Å²) in [5.74, 6) is 1.45. The van der Waals surface area contributed by atoms with Crippen molar-refractivity contribution in [3.63, 3.8) is 0 Å². The van der Waals surface area contributed by atoms with Crippen LogP contribution in [-0.4, -0.2) is 0 Å². The van der Waals surface area contributed by atoms with Gasteiger partial charge in [0.05, 0.1) is 0 Å². The van der Waals surface area contributed by atoms with Gasteiger partial charge in [-0.25, -0.2) is 0 Å². The fraction of sp³-hybridized carbons (Fsp3) is 0.333. The molecule has 0 heterocycles. The van der Waals surface area contributed by atoms with Crippen molar-refractivity contribution in [3.8, 4) is 0 Å². The number of halogens is 2. The Bertz CT molecular complexity index is 358. The molecule has 2 rings (SSSR count). The normalized spacial score (nSPS) is 17.7. The first-order valence-electron chi connectivity index (χ1n) is 4.72. The van der Waals surface area contributed by atoms with Gasteiger partial charge in [-0.05, 0) is 0 Å². The summed E-state index contributed by atoms with van der Waals surface area (Å²) in [5.41, 5.74) is 2.99. The maximum atomic E-state index is 2.38. The fourth-order valence-electron chi connectivity index (χ4n) is 2.07. The molecule has 0 spiro atoms. The summed E-state index contributed by atoms with van der Waals surface area (Å²) in [4.78, 5) is 0. The molecule has 0 nitrogen and oxygen atoms in total. The molecule has 1 aromatic carbocycles. The van der Waals surface area contributed by atoms with Crippen LogP contribution in [0.25, 0.3) is 6.08 Å². The van der Waals surface area contributed by atoms with Crippen molar-refractivity contribution in [2.45, 2.75) is 19.8 Å². The van der Waals surface area contributed by atoms with Gasteiger partial charge < -0.3 is 9.41 Å². The van der Waals surface area contributed by atoms with Gasteiger partial charge in [0.2, 0.25) is 0 Å². The number of fused-ring (bicyclic) bond motifs is 1. The second-order valence-electron chi connectivity index (χ2n) is 3.95. The summed E-state index contributed by atoms with van der Waals surface area (Å²) >= 11 is 1.20. The predicted octanol–water partition coefficient (Wildman–Crippen LogP) is -2.66. The summed E-state index contributed by atoms with van der Waals surface area (Å²) in [6, 6.07) is 8.80. The smallest absolute Gasteiger partial charge is 1.00 e. The van der Waals surface area contributed by atoms with Gasteiger partial charge in [-0.15, -0.1) is 0 Å². The molecule has 0 aromatic heterocycles. The molecule has 1 aliphatic carbocycles. The van der Waals surface area contributed by atoms with Crippen LogP contribution in [0.2, 0.25) is 0 Å². The maximum Gasteiger partial charge on any atom is -1.00 e. The van der Waals surface area contributed by atoms with Gasteiger partial charge >= 0.3 is 94.9 Å². The molecule has 0 bridgehead atoms. The molecule has 1 aromatic rings. The van der Waals surface area contributed by atoms with E-state index in [1.165, 1.54) is 29.9 Å². The minimum absolute atomic E-state index is 0. The standard InChI is InChI=1S/C12H13.2FH.Hf/c1-9(2)11-8-7-10-5-3-4-6-12(10)11;;;/h3-7,9,11H,1-2H3;2*1H;/q;;;+2/p-2. The molecular formula is C12H13F2Hf. The van der Waals surface area contributed by atoms with E-state index in [0.29, 0.717) is 5.92 Å². The van der Waals surface area contributed by atoms with Crippen molar-refractivity contribution < 1.29 is 33.8 Å². The quantitative estimate of drug-likeness (QED) is 0.471. The Morgan fingerprint density at radius 1 is 1.13 bits per heavy atom. The maximum absolute atomic E-state index is 2.38. The van der Waals surface area contributed by atoms with Crippen LogP contribution in [0.4, 0.5) is 0 Å². The van der Waals surface area contributed by atoms with Gasteiger partial charge in [-0.3, -0.25) is 0 Å². The third-order valence-electron chi connectivity index (χ3n) is 2.64. The van der Waals surface area contributed by atoms with Gasteiger partial charge in [-0.2, -0.15) is 0 Å². The number of benzene rings is 1. The van der Waals surface area contributed by atoms with E-state index >= 15 is 0 Å². The molecule has 0 amide bonds. The Labute approximate surface area is 104 Å². The zero-order chi connectivity index (χ0) is 9.42. The van der Waals surface area contributed by atoms with Crippen molar-refractivity contribution in [1.82, 2.24) is 0 Å². The van der Waals surface area contributed by atoms with Gasteiger partial charge in [0.1, 0.15) is 0 Å². The average molecular weight is 374 g/mol. The molecule has 15 heavy (non-hydrogen) atoms. The summed E-state index contributed by atoms with van der Waals surface area (Å²) in [5, 5.41) is 0. The van der Waals surface area contributed by atoms with E-state index in [4.69, 9.17) is 0 Å². The molecule has 0 saturated carbocycles. The monoisotopic (exact) mass is 375 g/mol. The molecule has 0 radical (unpaired) electrons. The number of allylic oxidation sites excluding steroid dienone is 1. The van der Waals surface area contributed by atoms with Crippen molar-refractivity contribution >= 4 is 6.08 Å². The van der Waals surface area contributed by atoms with Crippen LogP contribution >= 0.6 is 0 Å². The van der Waals surface area contributed by atoms with Crippen LogP contribution < -0.4 is 9.41 Å². The molecule has 0 saturated heterocycles. The first-order chi connectivity index (χ1) is 6.20. The van der Waals surface area contributed by atoms with Crippen molar-refractivity contribution in [2.24, 2.45) is 5.92 Å². The van der Waals surface area contributed by atoms with Gasteiger partial charge in [0, 0.05) is 0 Å². The first kappa shape index (κ1) is 14.7. The summed E-state index contributed by atoms with van der Waals surface area (Å²) in [7, 11) is 0. The van der Waals surface area contributed by atoms with E-state index < -0.39 is 0 Å². The van der Waals surface area contributed by atoms with E-state index in [9.17, 15) is 0 Å². The number of rotatable bonds is 1. The van der Waals surface area contributed by atoms with Gasteiger partial charge in [0.25, 0.3) is 0 Å². The van der Waals surface area contributed by atoms with E-state index in [1.54, 1.807) is 8.89 Å². The third-order valence-corrected chi connectivity index (χ3v) is 4.28. The average Bonchev–Trinajstić information content (AvgIpc) is 2.39. The minimum Gasteiger partial charge on any atom is -1.00 e. The van der Waals surface area contributed by atoms with Crippen molar-refractivity contribution in [1.29, 1.82) is 0 Å². The Balaban J connectivity index is 0.000000980. The predicted molar refractivity (Wildman–Crippen MR) is 52.0 cm³/mol. The first-order valence-corrected chi connectivity index (χ1v) is 6.52. The van der Waals surface area contributed by atoms with Crippen LogP contribution in [0.5, 0.6) is 0 Å². The number of hydrogen-bond donors (Lipinski definition) is 0. The van der Waals surface area contributed by atoms with E-state index in [-0.39, 0.29) is 9.41 Å². The van der Waals surface area contributed by atoms with Crippen LogP contribution in [0.15, 0.2) is 27.6 Å². The topological polar surface area (TPSA) is 0 Å². The Morgan fingerprint density at radius 3 is 2.33 bits per heavy atom. The Kier molecular flexibility index (Phi) is 5.57. The largest absolute Gasteiger partial charge is 1.00 e. The van der Waals surface area contributed by atoms with Gasteiger partial charge in [0.15, 0.2) is 0 Å². The molecule has 79 valence electrons. The molecule has 0 aliphatic heterocycles. The molecule has 0 fully saturated rings. The Morgan fingerprint density at radius 2 is 1.73 bits per heavy atom. The second-order valence-corrected chi connectivity index (χ2v) is 6.02. The summed E-state index contributed by atoms with van der Waals surface area (Å²) < 4.78 is 1.65. The molecule has 1 aliphatic rings. The van der Waals surface area contributed by atoms with Crippen LogP contribution in [-0.2, 0) is 24.4 Å². The van der Waals surface area contributed by atoms with E-state index in [1.807, 2.05) is 0 Å². The van der Waals surface area contributed by atoms with Crippen molar-refractivity contribution in [2.75, 3.05) is 0 Å². The number of hydrogen-bond acceptors (Lipinski definition) is 0. The fourth-order valence-corrected chi connectivity index (χ4v) is 4.38. The molecule has 0 N–H and O–H groups in total. The van der Waals surface area contributed by atoms with Crippen LogP contribution in [0, 0.1) is 5.92 Å². The zero-order valence-corrected chi connectivity index (χ0v) is 12.4. The second kappa shape index (κ2) is 5.69. The minimum atomic E-state index is 0. The van der Waals surface area contributed by atoms with E-state index in [2.05, 4.69) is 44.2 Å². The molecular weight excluding hydrogens is 361 g/mol. The zero-order valence-electron chi connectivity index (χ0n) is 8.80. The van der Waals surface area contributed by atoms with Gasteiger partial charge in [-0.1, -0.05) is 0 Å². The molecule has 1 atom stereocenters. The molecule has 3 heteroatoms. The van der Waals surface area contributed by atoms with Crippen LogP contribution in [0.1, 0.15) is 30.9 Å². The van der Waals surface area contributed by atoms with Crippen LogP contribution in [0.3, 0.4) is 0 Å². The molecule has 1 unspecified atom stereocenters. The Hall–Kier alpha value is -0.310.